The summed E-state index contributed by atoms with van der Waals surface area (Å²) in [6, 6.07) is 4.11. The fourth-order valence-corrected chi connectivity index (χ4v) is 2.59. The number of aromatic nitrogens is 4. The molecule has 1 aliphatic heterocycles. The van der Waals surface area contributed by atoms with Crippen molar-refractivity contribution in [3.05, 3.63) is 35.2 Å². The molecule has 0 bridgehead atoms. The van der Waals surface area contributed by atoms with Crippen molar-refractivity contribution < 1.29 is 0 Å². The number of pyridine rings is 1. The molecular formula is C13H17BrN6. The molecule has 0 spiro atoms. The summed E-state index contributed by atoms with van der Waals surface area (Å²) in [5, 5.41) is 7.81. The van der Waals surface area contributed by atoms with Crippen molar-refractivity contribution in [2.75, 3.05) is 37.6 Å². The summed E-state index contributed by atoms with van der Waals surface area (Å²) in [6.45, 7) is 6.08. The van der Waals surface area contributed by atoms with Gasteiger partial charge in [-0.25, -0.2) is 4.98 Å². The molecule has 0 saturated carbocycles. The van der Waals surface area contributed by atoms with Gasteiger partial charge in [-0.1, -0.05) is 5.21 Å². The first-order valence-corrected chi connectivity index (χ1v) is 7.53. The lowest BCUT2D eigenvalue weighted by molar-refractivity contribution is 0.243. The molecular weight excluding hydrogens is 320 g/mol. The van der Waals surface area contributed by atoms with Crippen LogP contribution in [0, 0.1) is 0 Å². The molecule has 1 fully saturated rings. The lowest BCUT2D eigenvalue weighted by Crippen LogP contribution is -2.47. The number of nitrogens with zero attached hydrogens (tertiary/aromatic N) is 6. The Morgan fingerprint density at radius 1 is 1.10 bits per heavy atom. The van der Waals surface area contributed by atoms with Gasteiger partial charge < -0.3 is 4.90 Å². The van der Waals surface area contributed by atoms with Gasteiger partial charge >= 0.3 is 0 Å². The topological polar surface area (TPSA) is 50.1 Å². The van der Waals surface area contributed by atoms with E-state index in [2.05, 4.69) is 47.1 Å². The van der Waals surface area contributed by atoms with Crippen LogP contribution < -0.4 is 4.90 Å². The molecule has 0 unspecified atom stereocenters. The number of hydrogen-bond donors (Lipinski definition) is 0. The zero-order chi connectivity index (χ0) is 13.8. The highest BCUT2D eigenvalue weighted by molar-refractivity contribution is 9.10. The van der Waals surface area contributed by atoms with Gasteiger partial charge in [-0.2, -0.15) is 0 Å². The third kappa shape index (κ3) is 3.34. The third-order valence-electron chi connectivity index (χ3n) is 3.53. The molecule has 3 rings (SSSR count). The van der Waals surface area contributed by atoms with Crippen LogP contribution in [0.15, 0.2) is 35.2 Å². The fourth-order valence-electron chi connectivity index (χ4n) is 2.35. The quantitative estimate of drug-likeness (QED) is 0.841. The van der Waals surface area contributed by atoms with Gasteiger partial charge in [0.15, 0.2) is 0 Å². The highest BCUT2D eigenvalue weighted by Gasteiger charge is 2.17. The van der Waals surface area contributed by atoms with Crippen LogP contribution in [0.25, 0.3) is 0 Å². The summed E-state index contributed by atoms with van der Waals surface area (Å²) in [4.78, 5) is 9.24. The van der Waals surface area contributed by atoms with Crippen molar-refractivity contribution in [3.63, 3.8) is 0 Å². The van der Waals surface area contributed by atoms with Gasteiger partial charge in [-0.05, 0) is 28.1 Å². The van der Waals surface area contributed by atoms with E-state index in [9.17, 15) is 0 Å². The van der Waals surface area contributed by atoms with Gasteiger partial charge in [0.25, 0.3) is 0 Å². The maximum atomic E-state index is 4.45. The van der Waals surface area contributed by atoms with Gasteiger partial charge in [0.05, 0.1) is 12.7 Å². The minimum Gasteiger partial charge on any atom is -0.354 e. The van der Waals surface area contributed by atoms with Crippen LogP contribution >= 0.6 is 15.9 Å². The van der Waals surface area contributed by atoms with Crippen LogP contribution in [0.4, 0.5) is 5.82 Å². The van der Waals surface area contributed by atoms with E-state index >= 15 is 0 Å². The zero-order valence-electron chi connectivity index (χ0n) is 11.2. The van der Waals surface area contributed by atoms with Crippen LogP contribution in [-0.2, 0) is 6.54 Å². The second kappa shape index (κ2) is 6.32. The summed E-state index contributed by atoms with van der Waals surface area (Å²) in [5.41, 5.74) is 0. The average Bonchev–Trinajstić information content (AvgIpc) is 3.00. The first-order chi connectivity index (χ1) is 9.81. The van der Waals surface area contributed by atoms with Crippen molar-refractivity contribution in [2.45, 2.75) is 6.54 Å². The van der Waals surface area contributed by atoms with E-state index < -0.39 is 0 Å². The molecule has 0 aliphatic carbocycles. The Morgan fingerprint density at radius 2 is 1.95 bits per heavy atom. The third-order valence-corrected chi connectivity index (χ3v) is 3.99. The molecule has 3 heterocycles. The van der Waals surface area contributed by atoms with Crippen molar-refractivity contribution in [1.29, 1.82) is 0 Å². The summed E-state index contributed by atoms with van der Waals surface area (Å²) >= 11 is 3.42. The Labute approximate surface area is 126 Å². The Kier molecular flexibility index (Phi) is 4.27. The molecule has 0 radical (unpaired) electrons. The van der Waals surface area contributed by atoms with Gasteiger partial charge in [-0.3, -0.25) is 9.58 Å². The van der Waals surface area contributed by atoms with Crippen molar-refractivity contribution in [3.8, 4) is 0 Å². The van der Waals surface area contributed by atoms with E-state index in [1.165, 1.54) is 0 Å². The lowest BCUT2D eigenvalue weighted by Gasteiger charge is -2.35. The van der Waals surface area contributed by atoms with Crippen LogP contribution in [0.1, 0.15) is 0 Å². The maximum Gasteiger partial charge on any atom is 0.128 e. The highest BCUT2D eigenvalue weighted by atomic mass is 79.9. The molecule has 0 aromatic carbocycles. The Morgan fingerprint density at radius 3 is 2.60 bits per heavy atom. The predicted molar refractivity (Wildman–Crippen MR) is 80.6 cm³/mol. The smallest absolute Gasteiger partial charge is 0.128 e. The average molecular weight is 337 g/mol. The predicted octanol–water partition coefficient (Wildman–Crippen LogP) is 1.26. The molecule has 20 heavy (non-hydrogen) atoms. The van der Waals surface area contributed by atoms with Crippen LogP contribution in [-0.4, -0.2) is 57.6 Å². The van der Waals surface area contributed by atoms with Crippen molar-refractivity contribution >= 4 is 21.7 Å². The monoisotopic (exact) mass is 336 g/mol. The fraction of sp³-hybridized carbons (Fsp3) is 0.462. The summed E-state index contributed by atoms with van der Waals surface area (Å²) < 4.78 is 2.90. The van der Waals surface area contributed by atoms with E-state index in [0.717, 1.165) is 49.6 Å². The first-order valence-electron chi connectivity index (χ1n) is 6.74. The van der Waals surface area contributed by atoms with Crippen molar-refractivity contribution in [1.82, 2.24) is 24.9 Å². The molecule has 2 aromatic rings. The lowest BCUT2D eigenvalue weighted by atomic mass is 10.3. The molecule has 0 atom stereocenters. The zero-order valence-corrected chi connectivity index (χ0v) is 12.8. The molecule has 1 aliphatic rings. The second-order valence-corrected chi connectivity index (χ2v) is 5.75. The summed E-state index contributed by atoms with van der Waals surface area (Å²) in [5.74, 6) is 1.06. The number of rotatable bonds is 4. The molecule has 0 amide bonds. The van der Waals surface area contributed by atoms with Crippen LogP contribution in [0.5, 0.6) is 0 Å². The number of piperazine rings is 1. The molecule has 106 valence electrons. The Hall–Kier alpha value is -1.47. The standard InChI is InChI=1S/C13H17BrN6/c14-12-1-2-13(15-11-12)19-8-5-18(6-9-19)7-10-20-4-3-16-17-20/h1-4,11H,5-10H2. The van der Waals surface area contributed by atoms with Gasteiger partial charge in [-0.15, -0.1) is 5.10 Å². The number of halogens is 1. The number of hydrogen-bond acceptors (Lipinski definition) is 5. The molecule has 0 N–H and O–H groups in total. The number of anilines is 1. The maximum absolute atomic E-state index is 4.45. The van der Waals surface area contributed by atoms with E-state index in [-0.39, 0.29) is 0 Å². The van der Waals surface area contributed by atoms with E-state index in [0.29, 0.717) is 0 Å². The first kappa shape index (κ1) is 13.5. The Balaban J connectivity index is 1.48. The molecule has 1 saturated heterocycles. The SMILES string of the molecule is Brc1ccc(N2CCN(CCn3ccnn3)CC2)nc1. The Bertz CT molecular complexity index is 518. The molecule has 2 aromatic heterocycles. The van der Waals surface area contributed by atoms with Gasteiger partial charge in [0.2, 0.25) is 0 Å². The van der Waals surface area contributed by atoms with E-state index in [1.54, 1.807) is 6.20 Å². The van der Waals surface area contributed by atoms with Crippen LogP contribution in [0.2, 0.25) is 0 Å². The van der Waals surface area contributed by atoms with E-state index in [4.69, 9.17) is 0 Å². The second-order valence-electron chi connectivity index (χ2n) is 4.83. The summed E-state index contributed by atoms with van der Waals surface area (Å²) in [7, 11) is 0. The molecule has 6 nitrogen and oxygen atoms in total. The van der Waals surface area contributed by atoms with Crippen LogP contribution in [0.3, 0.4) is 0 Å². The normalized spacial score (nSPS) is 16.6. The minimum absolute atomic E-state index is 0.899. The highest BCUT2D eigenvalue weighted by Crippen LogP contribution is 2.16. The van der Waals surface area contributed by atoms with E-state index in [1.807, 2.05) is 23.1 Å². The molecule has 7 heteroatoms. The minimum atomic E-state index is 0.899. The largest absolute Gasteiger partial charge is 0.354 e. The summed E-state index contributed by atoms with van der Waals surface area (Å²) in [6.07, 6.45) is 5.48. The van der Waals surface area contributed by atoms with Gasteiger partial charge in [0.1, 0.15) is 5.82 Å². The van der Waals surface area contributed by atoms with Gasteiger partial charge in [0, 0.05) is 49.6 Å². The van der Waals surface area contributed by atoms with Crippen molar-refractivity contribution in [2.24, 2.45) is 0 Å².